The molecule has 12 heavy (non-hydrogen) atoms. The van der Waals surface area contributed by atoms with Crippen molar-refractivity contribution in [1.82, 2.24) is 9.97 Å². The SMILES string of the molecule is CC1CC1c1ncc(I)c(F)n1. The van der Waals surface area contributed by atoms with Gasteiger partial charge in [0.15, 0.2) is 0 Å². The molecule has 0 aliphatic heterocycles. The highest BCUT2D eigenvalue weighted by molar-refractivity contribution is 14.1. The number of nitrogens with zero attached hydrogens (tertiary/aromatic N) is 2. The standard InChI is InChI=1S/C8H8FIN2/c1-4-2-5(4)8-11-3-6(10)7(9)12-8/h3-5H,2H2,1H3. The zero-order valence-electron chi connectivity index (χ0n) is 6.59. The molecular weight excluding hydrogens is 270 g/mol. The number of aromatic nitrogens is 2. The van der Waals surface area contributed by atoms with E-state index in [-0.39, 0.29) is 5.95 Å². The molecule has 1 heterocycles. The predicted octanol–water partition coefficient (Wildman–Crippen LogP) is 2.34. The van der Waals surface area contributed by atoms with Crippen molar-refractivity contribution in [3.8, 4) is 0 Å². The Hall–Kier alpha value is -0.260. The maximum Gasteiger partial charge on any atom is 0.229 e. The summed E-state index contributed by atoms with van der Waals surface area (Å²) in [6.07, 6.45) is 2.64. The highest BCUT2D eigenvalue weighted by Crippen LogP contribution is 2.45. The van der Waals surface area contributed by atoms with Crippen molar-refractivity contribution in [2.45, 2.75) is 19.3 Å². The molecule has 2 unspecified atom stereocenters. The summed E-state index contributed by atoms with van der Waals surface area (Å²) in [7, 11) is 0. The van der Waals surface area contributed by atoms with E-state index < -0.39 is 0 Å². The van der Waals surface area contributed by atoms with E-state index in [2.05, 4.69) is 16.9 Å². The zero-order valence-corrected chi connectivity index (χ0v) is 8.75. The summed E-state index contributed by atoms with van der Waals surface area (Å²) in [6, 6.07) is 0. The first-order valence-electron chi connectivity index (χ1n) is 3.86. The fourth-order valence-electron chi connectivity index (χ4n) is 1.22. The van der Waals surface area contributed by atoms with Crippen LogP contribution in [0.2, 0.25) is 0 Å². The maximum absolute atomic E-state index is 12.9. The molecule has 0 aromatic carbocycles. The van der Waals surface area contributed by atoms with Crippen LogP contribution in [0.1, 0.15) is 25.1 Å². The molecule has 64 valence electrons. The predicted molar refractivity (Wildman–Crippen MR) is 51.2 cm³/mol. The molecule has 0 amide bonds. The summed E-state index contributed by atoms with van der Waals surface area (Å²) >= 11 is 1.89. The summed E-state index contributed by atoms with van der Waals surface area (Å²) in [4.78, 5) is 7.89. The Morgan fingerprint density at radius 3 is 2.83 bits per heavy atom. The lowest BCUT2D eigenvalue weighted by molar-refractivity contribution is 0.560. The molecule has 0 radical (unpaired) electrons. The summed E-state index contributed by atoms with van der Waals surface area (Å²) in [5, 5.41) is 0. The van der Waals surface area contributed by atoms with E-state index in [0.29, 0.717) is 21.2 Å². The van der Waals surface area contributed by atoms with E-state index in [1.807, 2.05) is 22.6 Å². The lowest BCUT2D eigenvalue weighted by Gasteiger charge is -1.97. The van der Waals surface area contributed by atoms with Crippen molar-refractivity contribution in [2.24, 2.45) is 5.92 Å². The van der Waals surface area contributed by atoms with Crippen LogP contribution >= 0.6 is 22.6 Å². The summed E-state index contributed by atoms with van der Waals surface area (Å²) in [5.41, 5.74) is 0. The first-order valence-corrected chi connectivity index (χ1v) is 4.94. The van der Waals surface area contributed by atoms with Gasteiger partial charge in [0, 0.05) is 12.1 Å². The molecular formula is C8H8FIN2. The minimum absolute atomic E-state index is 0.389. The summed E-state index contributed by atoms with van der Waals surface area (Å²) in [6.45, 7) is 2.13. The quantitative estimate of drug-likeness (QED) is 0.582. The van der Waals surface area contributed by atoms with Gasteiger partial charge in [0.1, 0.15) is 5.82 Å². The third kappa shape index (κ3) is 1.44. The Morgan fingerprint density at radius 2 is 2.33 bits per heavy atom. The minimum atomic E-state index is -0.389. The number of halogens is 2. The summed E-state index contributed by atoms with van der Waals surface area (Å²) in [5.74, 6) is 1.31. The monoisotopic (exact) mass is 278 g/mol. The van der Waals surface area contributed by atoms with Gasteiger partial charge in [0.05, 0.1) is 3.57 Å². The molecule has 4 heteroatoms. The molecule has 0 saturated heterocycles. The zero-order chi connectivity index (χ0) is 8.72. The number of rotatable bonds is 1. The smallest absolute Gasteiger partial charge is 0.229 e. The van der Waals surface area contributed by atoms with Crippen LogP contribution in [0.3, 0.4) is 0 Å². The lowest BCUT2D eigenvalue weighted by atomic mass is 10.3. The van der Waals surface area contributed by atoms with Crippen molar-refractivity contribution < 1.29 is 4.39 Å². The Bertz CT molecular complexity index is 316. The molecule has 0 spiro atoms. The average molecular weight is 278 g/mol. The van der Waals surface area contributed by atoms with Gasteiger partial charge in [-0.2, -0.15) is 4.39 Å². The van der Waals surface area contributed by atoms with Crippen molar-refractivity contribution in [3.05, 3.63) is 21.5 Å². The van der Waals surface area contributed by atoms with Crippen LogP contribution in [0, 0.1) is 15.4 Å². The van der Waals surface area contributed by atoms with Crippen LogP contribution in [0.15, 0.2) is 6.20 Å². The number of hydrogen-bond acceptors (Lipinski definition) is 2. The topological polar surface area (TPSA) is 25.8 Å². The van der Waals surface area contributed by atoms with E-state index in [1.165, 1.54) is 0 Å². The van der Waals surface area contributed by atoms with Gasteiger partial charge in [0.25, 0.3) is 0 Å². The average Bonchev–Trinajstić information content (AvgIpc) is 2.73. The van der Waals surface area contributed by atoms with Gasteiger partial charge < -0.3 is 0 Å². The van der Waals surface area contributed by atoms with Crippen molar-refractivity contribution >= 4 is 22.6 Å². The molecule has 0 N–H and O–H groups in total. The highest BCUT2D eigenvalue weighted by Gasteiger charge is 2.36. The van der Waals surface area contributed by atoms with Crippen LogP contribution in [0.4, 0.5) is 4.39 Å². The van der Waals surface area contributed by atoms with Crippen molar-refractivity contribution in [2.75, 3.05) is 0 Å². The van der Waals surface area contributed by atoms with E-state index in [9.17, 15) is 4.39 Å². The molecule has 0 bridgehead atoms. The van der Waals surface area contributed by atoms with Gasteiger partial charge >= 0.3 is 0 Å². The fourth-order valence-corrected chi connectivity index (χ4v) is 1.48. The Balaban J connectivity index is 2.29. The second-order valence-corrected chi connectivity index (χ2v) is 4.35. The van der Waals surface area contributed by atoms with Crippen molar-refractivity contribution in [3.63, 3.8) is 0 Å². The Labute approximate surface area is 83.8 Å². The normalized spacial score (nSPS) is 27.2. The van der Waals surface area contributed by atoms with Gasteiger partial charge in [-0.15, -0.1) is 0 Å². The van der Waals surface area contributed by atoms with E-state index in [4.69, 9.17) is 0 Å². The maximum atomic E-state index is 12.9. The van der Waals surface area contributed by atoms with Crippen LogP contribution in [-0.4, -0.2) is 9.97 Å². The molecule has 2 atom stereocenters. The molecule has 1 saturated carbocycles. The number of hydrogen-bond donors (Lipinski definition) is 0. The van der Waals surface area contributed by atoms with Crippen LogP contribution in [0.25, 0.3) is 0 Å². The molecule has 1 aliphatic carbocycles. The highest BCUT2D eigenvalue weighted by atomic mass is 127. The third-order valence-corrected chi connectivity index (χ3v) is 2.88. The van der Waals surface area contributed by atoms with Gasteiger partial charge in [-0.25, -0.2) is 9.97 Å². The molecule has 2 nitrogen and oxygen atoms in total. The summed E-state index contributed by atoms with van der Waals surface area (Å²) < 4.78 is 13.4. The van der Waals surface area contributed by atoms with E-state index >= 15 is 0 Å². The van der Waals surface area contributed by atoms with E-state index in [0.717, 1.165) is 6.42 Å². The first-order chi connectivity index (χ1) is 5.68. The minimum Gasteiger partial charge on any atom is -0.240 e. The third-order valence-electron chi connectivity index (χ3n) is 2.16. The molecule has 2 rings (SSSR count). The van der Waals surface area contributed by atoms with Crippen LogP contribution in [-0.2, 0) is 0 Å². The Morgan fingerprint density at radius 1 is 1.67 bits per heavy atom. The molecule has 1 aromatic rings. The largest absolute Gasteiger partial charge is 0.240 e. The van der Waals surface area contributed by atoms with Gasteiger partial charge in [-0.05, 0) is 34.9 Å². The van der Waals surface area contributed by atoms with Crippen LogP contribution < -0.4 is 0 Å². The fraction of sp³-hybridized carbons (Fsp3) is 0.500. The van der Waals surface area contributed by atoms with Gasteiger partial charge in [0.2, 0.25) is 5.95 Å². The Kier molecular flexibility index (Phi) is 2.02. The van der Waals surface area contributed by atoms with Gasteiger partial charge in [-0.3, -0.25) is 0 Å². The van der Waals surface area contributed by atoms with Gasteiger partial charge in [-0.1, -0.05) is 6.92 Å². The van der Waals surface area contributed by atoms with E-state index in [1.54, 1.807) is 6.20 Å². The second-order valence-electron chi connectivity index (χ2n) is 3.19. The second kappa shape index (κ2) is 2.90. The first kappa shape index (κ1) is 8.34. The molecule has 1 aliphatic rings. The van der Waals surface area contributed by atoms with Crippen LogP contribution in [0.5, 0.6) is 0 Å². The molecule has 1 aromatic heterocycles. The molecule has 1 fully saturated rings. The lowest BCUT2D eigenvalue weighted by Crippen LogP contribution is -1.98. The van der Waals surface area contributed by atoms with Crippen molar-refractivity contribution in [1.29, 1.82) is 0 Å².